The van der Waals surface area contributed by atoms with E-state index in [0.29, 0.717) is 29.3 Å². The smallest absolute Gasteiger partial charge is 0.339 e. The van der Waals surface area contributed by atoms with Crippen LogP contribution in [0.15, 0.2) is 60.8 Å². The summed E-state index contributed by atoms with van der Waals surface area (Å²) in [7, 11) is 0. The van der Waals surface area contributed by atoms with Crippen molar-refractivity contribution >= 4 is 11.9 Å². The number of rotatable bonds is 7. The monoisotopic (exact) mass is 576 g/mol. The fraction of sp³-hybridized carbons (Fsp3) is 0.371. The predicted octanol–water partition coefficient (Wildman–Crippen LogP) is 6.43. The van der Waals surface area contributed by atoms with Crippen LogP contribution in [0.4, 0.5) is 0 Å². The summed E-state index contributed by atoms with van der Waals surface area (Å²) >= 11 is 0. The molecule has 0 radical (unpaired) electrons. The topological polar surface area (TPSA) is 97.6 Å². The van der Waals surface area contributed by atoms with Crippen molar-refractivity contribution in [1.29, 1.82) is 0 Å². The Kier molecular flexibility index (Phi) is 7.00. The Hall–Kier alpha value is -4.46. The molecule has 2 aromatic heterocycles. The molecule has 4 aromatic rings. The molecule has 0 spiro atoms. The number of amides is 1. The number of hydrogen-bond donors (Lipinski definition) is 1. The Labute approximate surface area is 251 Å². The van der Waals surface area contributed by atoms with Gasteiger partial charge in [-0.2, -0.15) is 5.10 Å². The molecule has 7 rings (SSSR count). The van der Waals surface area contributed by atoms with Crippen molar-refractivity contribution in [3.8, 4) is 22.8 Å². The molecule has 1 saturated carbocycles. The lowest BCUT2D eigenvalue weighted by Gasteiger charge is -2.32. The fourth-order valence-electron chi connectivity index (χ4n) is 6.76. The van der Waals surface area contributed by atoms with Crippen LogP contribution in [-0.4, -0.2) is 49.7 Å². The molecule has 220 valence electrons. The Morgan fingerprint density at radius 1 is 0.953 bits per heavy atom. The van der Waals surface area contributed by atoms with Gasteiger partial charge >= 0.3 is 5.97 Å². The first-order chi connectivity index (χ1) is 20.9. The Bertz CT molecular complexity index is 1710. The van der Waals surface area contributed by atoms with Crippen molar-refractivity contribution in [3.63, 3.8) is 0 Å². The van der Waals surface area contributed by atoms with Crippen LogP contribution in [0.2, 0.25) is 0 Å². The van der Waals surface area contributed by atoms with Crippen molar-refractivity contribution in [2.24, 2.45) is 5.92 Å². The number of aromatic nitrogens is 3. The number of aromatic carboxylic acids is 1. The van der Waals surface area contributed by atoms with Crippen LogP contribution >= 0.6 is 0 Å². The van der Waals surface area contributed by atoms with Gasteiger partial charge in [0.05, 0.1) is 17.6 Å². The number of ether oxygens (including phenoxy) is 1. The molecule has 8 heteroatoms. The maximum atomic E-state index is 12.5. The number of pyridine rings is 1. The second-order valence-corrected chi connectivity index (χ2v) is 12.2. The van der Waals surface area contributed by atoms with E-state index in [2.05, 4.69) is 53.3 Å². The molecule has 2 fully saturated rings. The van der Waals surface area contributed by atoms with E-state index in [-0.39, 0.29) is 11.7 Å². The molecule has 43 heavy (non-hydrogen) atoms. The number of aryl methyl sites for hydroxylation is 2. The fourth-order valence-corrected chi connectivity index (χ4v) is 6.76. The van der Waals surface area contributed by atoms with Crippen LogP contribution in [-0.2, 0) is 11.2 Å². The standard InChI is InChI=1S/C35H36N4O4/c1-21-19-26(23-15-17-38(18-16-23)34(40)25-9-10-25)12-13-30(21)43-31-14-11-24-5-3-6-27(33(24)31)29-7-4-8-32(37-29)39-22(2)28(20-36-39)35(41)42/h3-8,12-13,19-20,23,25,31H,9-11,14-18H2,1-2H3,(H,41,42). The zero-order valence-corrected chi connectivity index (χ0v) is 24.6. The third-order valence-corrected chi connectivity index (χ3v) is 9.33. The van der Waals surface area contributed by atoms with Crippen LogP contribution in [0.3, 0.4) is 0 Å². The molecule has 1 unspecified atom stereocenters. The summed E-state index contributed by atoms with van der Waals surface area (Å²) in [6.45, 7) is 5.57. The highest BCUT2D eigenvalue weighted by molar-refractivity contribution is 5.88. The lowest BCUT2D eigenvalue weighted by molar-refractivity contribution is -0.133. The van der Waals surface area contributed by atoms with Gasteiger partial charge in [0.2, 0.25) is 5.91 Å². The molecule has 2 aliphatic carbocycles. The Morgan fingerprint density at radius 3 is 2.47 bits per heavy atom. The Morgan fingerprint density at radius 2 is 1.74 bits per heavy atom. The van der Waals surface area contributed by atoms with Gasteiger partial charge in [-0.05, 0) is 93.2 Å². The largest absolute Gasteiger partial charge is 0.485 e. The Balaban J connectivity index is 1.11. The molecule has 1 amide bonds. The van der Waals surface area contributed by atoms with E-state index in [9.17, 15) is 14.7 Å². The van der Waals surface area contributed by atoms with E-state index in [4.69, 9.17) is 9.72 Å². The average molecular weight is 577 g/mol. The number of carboxylic acids is 1. The van der Waals surface area contributed by atoms with Crippen molar-refractivity contribution in [2.75, 3.05) is 13.1 Å². The van der Waals surface area contributed by atoms with Crippen LogP contribution in [0.25, 0.3) is 17.1 Å². The second-order valence-electron chi connectivity index (χ2n) is 12.2. The SMILES string of the molecule is Cc1cc(C2CCN(C(=O)C3CC3)CC2)ccc1OC1CCc2cccc(-c3cccc(-n4ncc(C(=O)O)c4C)n3)c21. The van der Waals surface area contributed by atoms with Crippen molar-refractivity contribution in [2.45, 2.75) is 64.4 Å². The van der Waals surface area contributed by atoms with Gasteiger partial charge in [-0.15, -0.1) is 0 Å². The van der Waals surface area contributed by atoms with Gasteiger partial charge in [-0.25, -0.2) is 14.5 Å². The number of carbonyl (C=O) groups excluding carboxylic acids is 1. The van der Waals surface area contributed by atoms with E-state index in [1.54, 1.807) is 11.6 Å². The highest BCUT2D eigenvalue weighted by Gasteiger charge is 2.35. The van der Waals surface area contributed by atoms with Crippen molar-refractivity contribution in [3.05, 3.63) is 94.3 Å². The van der Waals surface area contributed by atoms with E-state index in [0.717, 1.165) is 79.7 Å². The summed E-state index contributed by atoms with van der Waals surface area (Å²) in [5.41, 5.74) is 7.40. The van der Waals surface area contributed by atoms with Gasteiger partial charge in [0.1, 0.15) is 17.4 Å². The number of carboxylic acid groups (broad SMARTS) is 1. The first-order valence-corrected chi connectivity index (χ1v) is 15.3. The van der Waals surface area contributed by atoms with Gasteiger partial charge in [-0.1, -0.05) is 36.4 Å². The second kappa shape index (κ2) is 11.0. The number of likely N-dealkylation sites (tertiary alicyclic amines) is 1. The predicted molar refractivity (Wildman–Crippen MR) is 163 cm³/mol. The maximum Gasteiger partial charge on any atom is 0.339 e. The summed E-state index contributed by atoms with van der Waals surface area (Å²) in [5.74, 6) is 1.59. The van der Waals surface area contributed by atoms with Gasteiger partial charge in [0.15, 0.2) is 5.82 Å². The van der Waals surface area contributed by atoms with Crippen LogP contribution in [0.1, 0.15) is 82.4 Å². The van der Waals surface area contributed by atoms with E-state index in [1.807, 2.05) is 18.2 Å². The maximum absolute atomic E-state index is 12.5. The van der Waals surface area contributed by atoms with E-state index < -0.39 is 5.97 Å². The minimum Gasteiger partial charge on any atom is -0.485 e. The number of carbonyl (C=O) groups is 2. The molecule has 2 aromatic carbocycles. The molecule has 1 aliphatic heterocycles. The molecule has 1 saturated heterocycles. The molecule has 1 atom stereocenters. The van der Waals surface area contributed by atoms with Crippen molar-refractivity contribution < 1.29 is 19.4 Å². The third-order valence-electron chi connectivity index (χ3n) is 9.33. The van der Waals surface area contributed by atoms with Gasteiger partial charge in [0.25, 0.3) is 0 Å². The number of benzene rings is 2. The van der Waals surface area contributed by atoms with Gasteiger partial charge in [-0.3, -0.25) is 4.79 Å². The molecule has 3 heterocycles. The van der Waals surface area contributed by atoms with Crippen LogP contribution in [0.5, 0.6) is 5.75 Å². The lowest BCUT2D eigenvalue weighted by atomic mass is 9.88. The zero-order chi connectivity index (χ0) is 29.7. The highest BCUT2D eigenvalue weighted by Crippen LogP contribution is 2.42. The number of fused-ring (bicyclic) bond motifs is 1. The normalized spacial score (nSPS) is 18.5. The lowest BCUT2D eigenvalue weighted by Crippen LogP contribution is -2.38. The summed E-state index contributed by atoms with van der Waals surface area (Å²) in [6.07, 6.45) is 7.25. The first kappa shape index (κ1) is 27.4. The molecule has 8 nitrogen and oxygen atoms in total. The summed E-state index contributed by atoms with van der Waals surface area (Å²) in [4.78, 5) is 31.0. The average Bonchev–Trinajstić information content (AvgIpc) is 3.68. The minimum absolute atomic E-state index is 0.0945. The molecule has 3 aliphatic rings. The van der Waals surface area contributed by atoms with Crippen LogP contribution in [0, 0.1) is 19.8 Å². The summed E-state index contributed by atoms with van der Waals surface area (Å²) in [5, 5.41) is 13.7. The third kappa shape index (κ3) is 5.19. The number of piperidine rings is 1. The first-order valence-electron chi connectivity index (χ1n) is 15.3. The molecule has 1 N–H and O–H groups in total. The van der Waals surface area contributed by atoms with Gasteiger partial charge in [0, 0.05) is 30.1 Å². The molecular weight excluding hydrogens is 540 g/mol. The number of hydrogen-bond acceptors (Lipinski definition) is 5. The minimum atomic E-state index is -1.00. The highest BCUT2D eigenvalue weighted by atomic mass is 16.5. The summed E-state index contributed by atoms with van der Waals surface area (Å²) < 4.78 is 8.29. The quantitative estimate of drug-likeness (QED) is 0.272. The van der Waals surface area contributed by atoms with E-state index in [1.165, 1.54) is 17.3 Å². The van der Waals surface area contributed by atoms with Gasteiger partial charge < -0.3 is 14.7 Å². The number of nitrogens with zero attached hydrogens (tertiary/aromatic N) is 4. The zero-order valence-electron chi connectivity index (χ0n) is 24.6. The summed E-state index contributed by atoms with van der Waals surface area (Å²) in [6, 6.07) is 18.7. The molecule has 0 bridgehead atoms. The van der Waals surface area contributed by atoms with Crippen molar-refractivity contribution in [1.82, 2.24) is 19.7 Å². The van der Waals surface area contributed by atoms with E-state index >= 15 is 0 Å². The molecular formula is C35H36N4O4. The van der Waals surface area contributed by atoms with Crippen LogP contribution < -0.4 is 4.74 Å².